The molecule has 1 amide bonds. The maximum Gasteiger partial charge on any atom is 0.272 e. The fourth-order valence-electron chi connectivity index (χ4n) is 4.48. The van der Waals surface area contributed by atoms with Crippen molar-refractivity contribution in [2.24, 2.45) is 11.3 Å². The van der Waals surface area contributed by atoms with E-state index in [1.54, 1.807) is 0 Å². The molecule has 166 valence electrons. The summed E-state index contributed by atoms with van der Waals surface area (Å²) < 4.78 is 7.83. The standard InChI is InChI=1S/C24H37N3O3/c1-6-9-16(2)20(28)21(24(3,4)5)26-23(29)19-18-12-14-30-15-13-27(18)22(25-19)17-10-7-8-11-17/h10,16,21H,6-9,11-15H2,1-5H3,(H,26,29)/t16?,21-/m1/s1. The third-order valence-corrected chi connectivity index (χ3v) is 6.19. The summed E-state index contributed by atoms with van der Waals surface area (Å²) in [7, 11) is 0. The van der Waals surface area contributed by atoms with Crippen molar-refractivity contribution in [2.75, 3.05) is 13.2 Å². The van der Waals surface area contributed by atoms with Crippen molar-refractivity contribution in [3.63, 3.8) is 0 Å². The Hall–Kier alpha value is -1.95. The molecule has 0 spiro atoms. The largest absolute Gasteiger partial charge is 0.379 e. The van der Waals surface area contributed by atoms with Gasteiger partial charge in [-0.3, -0.25) is 9.59 Å². The van der Waals surface area contributed by atoms with Crippen molar-refractivity contribution in [3.8, 4) is 0 Å². The van der Waals surface area contributed by atoms with Crippen LogP contribution in [0.15, 0.2) is 6.08 Å². The Morgan fingerprint density at radius 2 is 2.03 bits per heavy atom. The zero-order chi connectivity index (χ0) is 21.9. The van der Waals surface area contributed by atoms with Gasteiger partial charge in [0.25, 0.3) is 5.91 Å². The molecule has 6 heteroatoms. The monoisotopic (exact) mass is 415 g/mol. The van der Waals surface area contributed by atoms with Crippen LogP contribution in [0.25, 0.3) is 5.57 Å². The Bertz CT molecular complexity index is 816. The number of allylic oxidation sites excluding steroid dienone is 2. The molecule has 1 unspecified atom stereocenters. The van der Waals surface area contributed by atoms with Gasteiger partial charge >= 0.3 is 0 Å². The molecule has 2 heterocycles. The van der Waals surface area contributed by atoms with Crippen molar-refractivity contribution in [1.82, 2.24) is 14.9 Å². The number of carbonyl (C=O) groups is 2. The van der Waals surface area contributed by atoms with Gasteiger partial charge in [0.1, 0.15) is 11.5 Å². The number of carbonyl (C=O) groups excluding carboxylic acids is 2. The number of ether oxygens (including phenoxy) is 1. The van der Waals surface area contributed by atoms with Crippen LogP contribution in [-0.2, 0) is 22.5 Å². The maximum atomic E-state index is 13.4. The van der Waals surface area contributed by atoms with Gasteiger partial charge in [0.2, 0.25) is 0 Å². The van der Waals surface area contributed by atoms with Gasteiger partial charge < -0.3 is 14.6 Å². The molecule has 0 fully saturated rings. The molecule has 0 bridgehead atoms. The number of hydrogen-bond acceptors (Lipinski definition) is 4. The van der Waals surface area contributed by atoms with Crippen molar-refractivity contribution in [3.05, 3.63) is 23.3 Å². The molecular weight excluding hydrogens is 378 g/mol. The third-order valence-electron chi connectivity index (χ3n) is 6.19. The van der Waals surface area contributed by atoms with E-state index >= 15 is 0 Å². The van der Waals surface area contributed by atoms with Gasteiger partial charge in [-0.25, -0.2) is 4.98 Å². The lowest BCUT2D eigenvalue weighted by molar-refractivity contribution is -0.126. The summed E-state index contributed by atoms with van der Waals surface area (Å²) >= 11 is 0. The van der Waals surface area contributed by atoms with E-state index in [1.807, 2.05) is 27.7 Å². The quantitative estimate of drug-likeness (QED) is 0.725. The van der Waals surface area contributed by atoms with E-state index in [1.165, 1.54) is 5.57 Å². The molecule has 1 aromatic heterocycles. The lowest BCUT2D eigenvalue weighted by atomic mass is 9.79. The SMILES string of the molecule is CCCC(C)C(=O)[C@@H](NC(=O)c1nc(C2=CCCC2)n2c1CCOCC2)C(C)(C)C. The summed E-state index contributed by atoms with van der Waals surface area (Å²) in [6.45, 7) is 12.0. The first-order chi connectivity index (χ1) is 14.2. The molecule has 0 saturated carbocycles. The first-order valence-corrected chi connectivity index (χ1v) is 11.4. The number of aromatic nitrogens is 2. The van der Waals surface area contributed by atoms with Gasteiger partial charge in [0.05, 0.1) is 24.9 Å². The number of imidazole rings is 1. The van der Waals surface area contributed by atoms with Gasteiger partial charge in [-0.15, -0.1) is 0 Å². The predicted octanol–water partition coefficient (Wildman–Crippen LogP) is 4.17. The van der Waals surface area contributed by atoms with Crippen LogP contribution < -0.4 is 5.32 Å². The Labute approximate surface area is 180 Å². The van der Waals surface area contributed by atoms with Crippen LogP contribution >= 0.6 is 0 Å². The van der Waals surface area contributed by atoms with Crippen molar-refractivity contribution < 1.29 is 14.3 Å². The number of hydrogen-bond donors (Lipinski definition) is 1. The molecule has 3 rings (SSSR count). The second kappa shape index (κ2) is 9.46. The van der Waals surface area contributed by atoms with Crippen LogP contribution in [0.4, 0.5) is 0 Å². The minimum atomic E-state index is -0.542. The molecule has 2 aliphatic rings. The third kappa shape index (κ3) is 4.85. The molecule has 1 aliphatic carbocycles. The van der Waals surface area contributed by atoms with Gasteiger partial charge in [0, 0.05) is 18.9 Å². The second-order valence-corrected chi connectivity index (χ2v) is 9.73. The van der Waals surface area contributed by atoms with Crippen LogP contribution in [0.5, 0.6) is 0 Å². The van der Waals surface area contributed by atoms with E-state index < -0.39 is 6.04 Å². The summed E-state index contributed by atoms with van der Waals surface area (Å²) in [5.41, 5.74) is 2.23. The van der Waals surface area contributed by atoms with Gasteiger partial charge in [-0.1, -0.05) is 47.1 Å². The molecular formula is C24H37N3O3. The highest BCUT2D eigenvalue weighted by Crippen LogP contribution is 2.30. The lowest BCUT2D eigenvalue weighted by Gasteiger charge is -2.32. The number of rotatable bonds is 7. The molecule has 1 N–H and O–H groups in total. The number of fused-ring (bicyclic) bond motifs is 1. The smallest absolute Gasteiger partial charge is 0.272 e. The summed E-state index contributed by atoms with van der Waals surface area (Å²) in [6, 6.07) is -0.542. The van der Waals surface area contributed by atoms with Crippen molar-refractivity contribution in [1.29, 1.82) is 0 Å². The van der Waals surface area contributed by atoms with E-state index in [0.717, 1.165) is 43.6 Å². The molecule has 6 nitrogen and oxygen atoms in total. The maximum absolute atomic E-state index is 13.4. The van der Waals surface area contributed by atoms with Crippen LogP contribution in [0.3, 0.4) is 0 Å². The molecule has 30 heavy (non-hydrogen) atoms. The normalized spacial score (nSPS) is 18.9. The number of nitrogens with one attached hydrogen (secondary N) is 1. The van der Waals surface area contributed by atoms with Crippen LogP contribution in [0.1, 0.15) is 88.7 Å². The van der Waals surface area contributed by atoms with E-state index in [9.17, 15) is 9.59 Å². The second-order valence-electron chi connectivity index (χ2n) is 9.73. The number of Topliss-reactive ketones (excluding diaryl/α,β-unsaturated/α-hetero) is 1. The predicted molar refractivity (Wildman–Crippen MR) is 118 cm³/mol. The molecule has 0 saturated heterocycles. The van der Waals surface area contributed by atoms with Crippen LogP contribution in [0.2, 0.25) is 0 Å². The Morgan fingerprint density at radius 1 is 1.27 bits per heavy atom. The van der Waals surface area contributed by atoms with Gasteiger partial charge in [-0.2, -0.15) is 0 Å². The summed E-state index contributed by atoms with van der Waals surface area (Å²) in [5, 5.41) is 3.06. The highest BCUT2D eigenvalue weighted by Gasteiger charge is 2.36. The number of amides is 1. The minimum absolute atomic E-state index is 0.0776. The fraction of sp³-hybridized carbons (Fsp3) is 0.708. The summed E-state index contributed by atoms with van der Waals surface area (Å²) in [6.07, 6.45) is 7.86. The zero-order valence-corrected chi connectivity index (χ0v) is 19.2. The van der Waals surface area contributed by atoms with E-state index in [-0.39, 0.29) is 23.0 Å². The average Bonchev–Trinajstić information content (AvgIpc) is 3.27. The Morgan fingerprint density at radius 3 is 2.67 bits per heavy atom. The molecule has 2 atom stereocenters. The molecule has 0 radical (unpaired) electrons. The Kier molecular flexibility index (Phi) is 7.17. The molecule has 1 aromatic rings. The summed E-state index contributed by atoms with van der Waals surface area (Å²) in [4.78, 5) is 31.3. The molecule has 1 aliphatic heterocycles. The summed E-state index contributed by atoms with van der Waals surface area (Å²) in [5.74, 6) is 0.676. The van der Waals surface area contributed by atoms with E-state index in [4.69, 9.17) is 9.72 Å². The fourth-order valence-corrected chi connectivity index (χ4v) is 4.48. The highest BCUT2D eigenvalue weighted by atomic mass is 16.5. The molecule has 0 aromatic carbocycles. The number of nitrogens with zero attached hydrogens (tertiary/aromatic N) is 2. The van der Waals surface area contributed by atoms with Crippen molar-refractivity contribution in [2.45, 2.75) is 85.7 Å². The zero-order valence-electron chi connectivity index (χ0n) is 19.2. The highest BCUT2D eigenvalue weighted by molar-refractivity contribution is 5.98. The van der Waals surface area contributed by atoms with E-state index in [2.05, 4.69) is 22.9 Å². The Balaban J connectivity index is 1.92. The number of ketones is 1. The average molecular weight is 416 g/mol. The van der Waals surface area contributed by atoms with Gasteiger partial charge in [-0.05, 0) is 36.7 Å². The van der Waals surface area contributed by atoms with Crippen LogP contribution in [0, 0.1) is 11.3 Å². The van der Waals surface area contributed by atoms with Crippen molar-refractivity contribution >= 4 is 17.3 Å². The first-order valence-electron chi connectivity index (χ1n) is 11.4. The van der Waals surface area contributed by atoms with E-state index in [0.29, 0.717) is 31.9 Å². The van der Waals surface area contributed by atoms with Crippen LogP contribution in [-0.4, -0.2) is 40.5 Å². The minimum Gasteiger partial charge on any atom is -0.379 e. The van der Waals surface area contributed by atoms with Gasteiger partial charge in [0.15, 0.2) is 5.78 Å². The lowest BCUT2D eigenvalue weighted by Crippen LogP contribution is -2.51. The topological polar surface area (TPSA) is 73.2 Å². The first kappa shape index (κ1) is 22.7.